The van der Waals surface area contributed by atoms with Gasteiger partial charge in [-0.2, -0.15) is 0 Å². The predicted molar refractivity (Wildman–Crippen MR) is 110 cm³/mol. The Morgan fingerprint density at radius 2 is 1.73 bits per heavy atom. The fourth-order valence-electron chi connectivity index (χ4n) is 8.71. The molecule has 0 radical (unpaired) electrons. The molecule has 4 aliphatic carbocycles. The van der Waals surface area contributed by atoms with Crippen LogP contribution in [-0.4, -0.2) is 10.7 Å². The van der Waals surface area contributed by atoms with E-state index in [1.54, 1.807) is 0 Å². The lowest BCUT2D eigenvalue weighted by molar-refractivity contribution is -0.152. The molecule has 0 amide bonds. The Labute approximate surface area is 162 Å². The molecule has 1 N–H and O–H groups in total. The van der Waals surface area contributed by atoms with Gasteiger partial charge in [-0.25, -0.2) is 0 Å². The first-order valence-corrected chi connectivity index (χ1v) is 11.6. The minimum absolute atomic E-state index is 0.363. The Morgan fingerprint density at radius 3 is 2.42 bits per heavy atom. The van der Waals surface area contributed by atoms with Crippen molar-refractivity contribution < 1.29 is 5.11 Å². The maximum absolute atomic E-state index is 10.9. The predicted octanol–water partition coefficient (Wildman–Crippen LogP) is 6.61. The molecule has 0 aromatic carbocycles. The molecule has 4 saturated carbocycles. The van der Waals surface area contributed by atoms with Crippen molar-refractivity contribution in [2.24, 2.45) is 46.3 Å². The van der Waals surface area contributed by atoms with Crippen molar-refractivity contribution in [3.8, 4) is 0 Å². The summed E-state index contributed by atoms with van der Waals surface area (Å²) in [5.74, 6) is 5.09. The molecule has 0 unspecified atom stereocenters. The second kappa shape index (κ2) is 6.36. The molecule has 0 heterocycles. The Balaban J connectivity index is 1.58. The van der Waals surface area contributed by atoms with Gasteiger partial charge in [-0.05, 0) is 111 Å². The largest absolute Gasteiger partial charge is 0.390 e. The van der Waals surface area contributed by atoms with Crippen LogP contribution in [0.25, 0.3) is 0 Å². The average Bonchev–Trinajstić information content (AvgIpc) is 2.99. The SMILES string of the molecule is C=C[C@@H](C)[C@H]1CC[C@H]2[C@@H]3CC[C@H]4C[C@](O)(CC)CC[C@]4(C)[C@H]3CC[C@]12C. The lowest BCUT2D eigenvalue weighted by atomic mass is 9.43. The van der Waals surface area contributed by atoms with Gasteiger partial charge >= 0.3 is 0 Å². The van der Waals surface area contributed by atoms with E-state index in [0.717, 1.165) is 48.9 Å². The lowest BCUT2D eigenvalue weighted by Crippen LogP contribution is -2.56. The third-order valence-corrected chi connectivity index (χ3v) is 10.6. The Hall–Kier alpha value is -0.300. The topological polar surface area (TPSA) is 20.2 Å². The molecule has 9 atom stereocenters. The zero-order chi connectivity index (χ0) is 18.7. The minimum atomic E-state index is -0.363. The van der Waals surface area contributed by atoms with Gasteiger partial charge in [-0.1, -0.05) is 33.8 Å². The van der Waals surface area contributed by atoms with Crippen molar-refractivity contribution in [1.82, 2.24) is 0 Å². The number of rotatable bonds is 3. The first-order chi connectivity index (χ1) is 12.3. The Morgan fingerprint density at radius 1 is 1.00 bits per heavy atom. The summed E-state index contributed by atoms with van der Waals surface area (Å²) >= 11 is 0. The van der Waals surface area contributed by atoms with Gasteiger partial charge in [-0.3, -0.25) is 0 Å². The summed E-state index contributed by atoms with van der Waals surface area (Å²) in [6.07, 6.45) is 15.1. The van der Waals surface area contributed by atoms with Crippen molar-refractivity contribution in [1.29, 1.82) is 0 Å². The number of aliphatic hydroxyl groups is 1. The van der Waals surface area contributed by atoms with Crippen LogP contribution in [0.5, 0.6) is 0 Å². The van der Waals surface area contributed by atoms with Crippen molar-refractivity contribution in [3.05, 3.63) is 12.7 Å². The van der Waals surface area contributed by atoms with Crippen LogP contribution in [0.3, 0.4) is 0 Å². The average molecular weight is 359 g/mol. The fraction of sp³-hybridized carbons (Fsp3) is 0.920. The summed E-state index contributed by atoms with van der Waals surface area (Å²) in [7, 11) is 0. The molecule has 4 fully saturated rings. The number of fused-ring (bicyclic) bond motifs is 5. The van der Waals surface area contributed by atoms with Gasteiger partial charge in [0.2, 0.25) is 0 Å². The quantitative estimate of drug-likeness (QED) is 0.563. The van der Waals surface area contributed by atoms with E-state index in [1.165, 1.54) is 44.9 Å². The first-order valence-electron chi connectivity index (χ1n) is 11.6. The zero-order valence-electron chi connectivity index (χ0n) is 17.8. The Kier molecular flexibility index (Phi) is 4.66. The zero-order valence-corrected chi connectivity index (χ0v) is 17.8. The van der Waals surface area contributed by atoms with Gasteiger partial charge in [0.25, 0.3) is 0 Å². The highest BCUT2D eigenvalue weighted by atomic mass is 16.3. The Bertz CT molecular complexity index is 554. The number of allylic oxidation sites excluding steroid dienone is 1. The molecule has 4 aliphatic rings. The van der Waals surface area contributed by atoms with Crippen molar-refractivity contribution in [2.45, 2.75) is 97.5 Å². The molecule has 0 aromatic rings. The van der Waals surface area contributed by atoms with Crippen LogP contribution in [0.1, 0.15) is 91.9 Å². The van der Waals surface area contributed by atoms with Crippen LogP contribution in [0.15, 0.2) is 12.7 Å². The molecule has 148 valence electrons. The number of hydrogen-bond donors (Lipinski definition) is 1. The second-order valence-electron chi connectivity index (χ2n) is 11.3. The molecule has 1 heteroatoms. The smallest absolute Gasteiger partial charge is 0.0648 e. The highest BCUT2D eigenvalue weighted by Crippen LogP contribution is 2.68. The molecule has 4 rings (SSSR count). The van der Waals surface area contributed by atoms with E-state index >= 15 is 0 Å². The molecule has 26 heavy (non-hydrogen) atoms. The summed E-state index contributed by atoms with van der Waals surface area (Å²) in [4.78, 5) is 0. The van der Waals surface area contributed by atoms with Crippen molar-refractivity contribution in [2.75, 3.05) is 0 Å². The van der Waals surface area contributed by atoms with Crippen LogP contribution in [0, 0.1) is 46.3 Å². The van der Waals surface area contributed by atoms with E-state index < -0.39 is 0 Å². The van der Waals surface area contributed by atoms with E-state index in [2.05, 4.69) is 40.3 Å². The third-order valence-electron chi connectivity index (χ3n) is 10.6. The van der Waals surface area contributed by atoms with Gasteiger partial charge in [0, 0.05) is 0 Å². The van der Waals surface area contributed by atoms with Gasteiger partial charge in [0.05, 0.1) is 5.60 Å². The van der Waals surface area contributed by atoms with Crippen molar-refractivity contribution in [3.63, 3.8) is 0 Å². The first kappa shape index (κ1) is 19.0. The highest BCUT2D eigenvalue weighted by Gasteiger charge is 2.61. The van der Waals surface area contributed by atoms with E-state index in [-0.39, 0.29) is 5.60 Å². The van der Waals surface area contributed by atoms with Crippen LogP contribution >= 0.6 is 0 Å². The summed E-state index contributed by atoms with van der Waals surface area (Å²) in [5, 5.41) is 10.9. The number of hydrogen-bond acceptors (Lipinski definition) is 1. The minimum Gasteiger partial charge on any atom is -0.390 e. The molecule has 0 saturated heterocycles. The molecule has 1 nitrogen and oxygen atoms in total. The molecule has 0 bridgehead atoms. The van der Waals surface area contributed by atoms with Crippen LogP contribution < -0.4 is 0 Å². The third kappa shape index (κ3) is 2.59. The lowest BCUT2D eigenvalue weighted by Gasteiger charge is -2.62. The summed E-state index contributed by atoms with van der Waals surface area (Å²) in [6, 6.07) is 0. The van der Waals surface area contributed by atoms with Crippen LogP contribution in [0.4, 0.5) is 0 Å². The van der Waals surface area contributed by atoms with E-state index in [9.17, 15) is 5.11 Å². The van der Waals surface area contributed by atoms with Gasteiger partial charge in [0.1, 0.15) is 0 Å². The summed E-state index contributed by atoms with van der Waals surface area (Å²) in [5.41, 5.74) is 0.683. The van der Waals surface area contributed by atoms with Crippen LogP contribution in [-0.2, 0) is 0 Å². The summed E-state index contributed by atoms with van der Waals surface area (Å²) < 4.78 is 0. The molecule has 0 aromatic heterocycles. The molecular formula is C25H42O. The molecule has 0 aliphatic heterocycles. The van der Waals surface area contributed by atoms with Crippen LogP contribution in [0.2, 0.25) is 0 Å². The normalized spacial score (nSPS) is 54.7. The maximum Gasteiger partial charge on any atom is 0.0648 e. The molecular weight excluding hydrogens is 316 g/mol. The standard InChI is InChI=1S/C25H42O/c1-6-17(3)20-10-11-21-19-9-8-18-16-25(26,7-2)15-14-23(18,4)22(19)12-13-24(20,21)5/h6,17-22,26H,1,7-16H2,2-5H3/t17-,18+,19+,20-,21+,22+,23+,24-,25+/m1/s1. The van der Waals surface area contributed by atoms with E-state index in [0.29, 0.717) is 16.7 Å². The van der Waals surface area contributed by atoms with E-state index in [1.807, 2.05) is 0 Å². The van der Waals surface area contributed by atoms with Gasteiger partial charge in [0.15, 0.2) is 0 Å². The van der Waals surface area contributed by atoms with E-state index in [4.69, 9.17) is 0 Å². The monoisotopic (exact) mass is 358 g/mol. The maximum atomic E-state index is 10.9. The fourth-order valence-corrected chi connectivity index (χ4v) is 8.71. The second-order valence-corrected chi connectivity index (χ2v) is 11.3. The summed E-state index contributed by atoms with van der Waals surface area (Å²) in [6.45, 7) is 14.0. The van der Waals surface area contributed by atoms with Gasteiger partial charge in [-0.15, -0.1) is 6.58 Å². The van der Waals surface area contributed by atoms with Crippen molar-refractivity contribution >= 4 is 0 Å². The highest BCUT2D eigenvalue weighted by molar-refractivity contribution is 5.11. The van der Waals surface area contributed by atoms with Gasteiger partial charge < -0.3 is 5.11 Å². The molecule has 0 spiro atoms.